The Hall–Kier alpha value is -6.90. The molecule has 0 saturated heterocycles. The van der Waals surface area contributed by atoms with Gasteiger partial charge in [-0.2, -0.15) is 0 Å². The van der Waals surface area contributed by atoms with Gasteiger partial charge in [0.2, 0.25) is 0 Å². The van der Waals surface area contributed by atoms with Crippen molar-refractivity contribution in [1.82, 2.24) is 0 Å². The largest absolute Gasteiger partial charge is 0.456 e. The second kappa shape index (κ2) is 12.1. The van der Waals surface area contributed by atoms with E-state index in [1.165, 1.54) is 54.9 Å². The van der Waals surface area contributed by atoms with Gasteiger partial charge in [-0.15, -0.1) is 0 Å². The Labute approximate surface area is 320 Å². The lowest BCUT2D eigenvalue weighted by Crippen LogP contribution is -2.15. The maximum atomic E-state index is 6.34. The SMILES string of the molecule is CC1(C)c2ccccc2-c2c(-c3ccccc3N(c3cccc(-c4ccc5c(c4)oc4ccccc45)c3)c3cccc4c3ccc3ccccc34)cccc21. The summed E-state index contributed by atoms with van der Waals surface area (Å²) in [5.74, 6) is 0. The molecule has 0 N–H and O–H groups in total. The zero-order valence-corrected chi connectivity index (χ0v) is 30.8. The van der Waals surface area contributed by atoms with Crippen LogP contribution in [0.4, 0.5) is 17.1 Å². The van der Waals surface area contributed by atoms with Crippen LogP contribution < -0.4 is 4.90 Å². The van der Waals surface area contributed by atoms with Crippen molar-refractivity contribution in [1.29, 1.82) is 0 Å². The van der Waals surface area contributed by atoms with Crippen molar-refractivity contribution in [3.8, 4) is 33.4 Å². The zero-order chi connectivity index (χ0) is 36.7. The van der Waals surface area contributed by atoms with Crippen molar-refractivity contribution in [2.45, 2.75) is 19.3 Å². The van der Waals surface area contributed by atoms with Crippen LogP contribution >= 0.6 is 0 Å². The first kappa shape index (κ1) is 31.6. The molecule has 260 valence electrons. The quantitative estimate of drug-likeness (QED) is 0.166. The van der Waals surface area contributed by atoms with Gasteiger partial charge in [0.15, 0.2) is 0 Å². The Morgan fingerprint density at radius 2 is 1.04 bits per heavy atom. The summed E-state index contributed by atoms with van der Waals surface area (Å²) < 4.78 is 6.34. The van der Waals surface area contributed by atoms with Gasteiger partial charge in [-0.25, -0.2) is 0 Å². The fraction of sp³-hybridized carbons (Fsp3) is 0.0566. The lowest BCUT2D eigenvalue weighted by molar-refractivity contribution is 0.660. The molecule has 9 aromatic carbocycles. The summed E-state index contributed by atoms with van der Waals surface area (Å²) in [6.45, 7) is 4.71. The maximum Gasteiger partial charge on any atom is 0.136 e. The van der Waals surface area contributed by atoms with Crippen LogP contribution in [-0.2, 0) is 5.41 Å². The highest BCUT2D eigenvalue weighted by Crippen LogP contribution is 2.54. The van der Waals surface area contributed by atoms with Gasteiger partial charge < -0.3 is 9.32 Å². The number of fused-ring (bicyclic) bond motifs is 9. The predicted octanol–water partition coefficient (Wildman–Crippen LogP) is 15.0. The summed E-state index contributed by atoms with van der Waals surface area (Å²) in [5.41, 5.74) is 15.1. The minimum atomic E-state index is -0.0947. The second-order valence-corrected chi connectivity index (χ2v) is 15.3. The Morgan fingerprint density at radius 1 is 0.400 bits per heavy atom. The second-order valence-electron chi connectivity index (χ2n) is 15.3. The molecule has 0 bridgehead atoms. The molecule has 2 nitrogen and oxygen atoms in total. The average molecular weight is 704 g/mol. The summed E-state index contributed by atoms with van der Waals surface area (Å²) in [7, 11) is 0. The van der Waals surface area contributed by atoms with Crippen LogP contribution in [0.3, 0.4) is 0 Å². The number of furan rings is 1. The third kappa shape index (κ3) is 4.81. The molecule has 1 aromatic heterocycles. The Morgan fingerprint density at radius 3 is 1.96 bits per heavy atom. The van der Waals surface area contributed by atoms with Gasteiger partial charge in [-0.3, -0.25) is 0 Å². The first-order valence-electron chi connectivity index (χ1n) is 19.1. The van der Waals surface area contributed by atoms with Gasteiger partial charge in [0.25, 0.3) is 0 Å². The number of benzene rings is 9. The van der Waals surface area contributed by atoms with E-state index in [2.05, 4.69) is 195 Å². The van der Waals surface area contributed by atoms with Crippen molar-refractivity contribution in [3.05, 3.63) is 199 Å². The minimum Gasteiger partial charge on any atom is -0.456 e. The average Bonchev–Trinajstić information content (AvgIpc) is 3.73. The molecule has 11 rings (SSSR count). The smallest absolute Gasteiger partial charge is 0.136 e. The lowest BCUT2D eigenvalue weighted by Gasteiger charge is -2.30. The Kier molecular flexibility index (Phi) is 6.93. The molecule has 0 unspecified atom stereocenters. The number of nitrogens with zero attached hydrogens (tertiary/aromatic N) is 1. The van der Waals surface area contributed by atoms with E-state index in [1.807, 2.05) is 12.1 Å². The monoisotopic (exact) mass is 703 g/mol. The number of hydrogen-bond acceptors (Lipinski definition) is 2. The third-order valence-electron chi connectivity index (χ3n) is 11.9. The summed E-state index contributed by atoms with van der Waals surface area (Å²) in [6.07, 6.45) is 0. The third-order valence-corrected chi connectivity index (χ3v) is 11.9. The molecule has 1 aliphatic rings. The molecular weight excluding hydrogens is 667 g/mol. The molecule has 0 radical (unpaired) electrons. The van der Waals surface area contributed by atoms with Crippen LogP contribution in [0.1, 0.15) is 25.0 Å². The van der Waals surface area contributed by atoms with Crippen molar-refractivity contribution >= 4 is 60.5 Å². The van der Waals surface area contributed by atoms with Crippen molar-refractivity contribution in [3.63, 3.8) is 0 Å². The van der Waals surface area contributed by atoms with E-state index >= 15 is 0 Å². The molecule has 2 heteroatoms. The van der Waals surface area contributed by atoms with E-state index in [0.29, 0.717) is 0 Å². The number of rotatable bonds is 5. The van der Waals surface area contributed by atoms with Gasteiger partial charge in [0, 0.05) is 32.8 Å². The van der Waals surface area contributed by atoms with Crippen LogP contribution in [0.5, 0.6) is 0 Å². The highest BCUT2D eigenvalue weighted by atomic mass is 16.3. The molecule has 10 aromatic rings. The van der Waals surface area contributed by atoms with Gasteiger partial charge in [0.05, 0.1) is 11.4 Å². The summed E-state index contributed by atoms with van der Waals surface area (Å²) in [4.78, 5) is 2.47. The molecule has 0 saturated carbocycles. The number of hydrogen-bond donors (Lipinski definition) is 0. The number of anilines is 3. The van der Waals surface area contributed by atoms with Gasteiger partial charge in [-0.05, 0) is 97.6 Å². The van der Waals surface area contributed by atoms with E-state index in [9.17, 15) is 0 Å². The molecule has 0 fully saturated rings. The summed E-state index contributed by atoms with van der Waals surface area (Å²) >= 11 is 0. The van der Waals surface area contributed by atoms with Gasteiger partial charge in [0.1, 0.15) is 11.2 Å². The highest BCUT2D eigenvalue weighted by molar-refractivity contribution is 6.13. The maximum absolute atomic E-state index is 6.34. The summed E-state index contributed by atoms with van der Waals surface area (Å²) in [5, 5.41) is 7.21. The standard InChI is InChI=1S/C53H37NO/c1-53(2)46-23-8-5-20-45(46)52-44(22-12-24-47(52)53)40-18-6-9-25-48(40)54(49-26-13-21-39-38-17-4-3-14-34(38)28-30-41(39)49)37-16-11-15-35(32-37)36-29-31-43-42-19-7-10-27-50(42)55-51(43)33-36/h3-33H,1-2H3. The van der Waals surface area contributed by atoms with Crippen LogP contribution in [0.25, 0.3) is 76.9 Å². The van der Waals surface area contributed by atoms with Crippen LogP contribution in [0.15, 0.2) is 192 Å². The molecule has 0 amide bonds. The fourth-order valence-electron chi connectivity index (χ4n) is 9.23. The van der Waals surface area contributed by atoms with Crippen LogP contribution in [-0.4, -0.2) is 0 Å². The van der Waals surface area contributed by atoms with Crippen molar-refractivity contribution in [2.24, 2.45) is 0 Å². The van der Waals surface area contributed by atoms with E-state index in [-0.39, 0.29) is 5.41 Å². The van der Waals surface area contributed by atoms with Crippen LogP contribution in [0, 0.1) is 0 Å². The fourth-order valence-corrected chi connectivity index (χ4v) is 9.23. The Bertz CT molecular complexity index is 3150. The molecule has 1 heterocycles. The molecule has 1 aliphatic carbocycles. The molecule has 0 atom stereocenters. The predicted molar refractivity (Wildman–Crippen MR) is 232 cm³/mol. The first-order chi connectivity index (χ1) is 27.0. The van der Waals surface area contributed by atoms with Crippen molar-refractivity contribution < 1.29 is 4.42 Å². The van der Waals surface area contributed by atoms with Crippen molar-refractivity contribution in [2.75, 3.05) is 4.90 Å². The normalized spacial score (nSPS) is 13.1. The molecule has 55 heavy (non-hydrogen) atoms. The summed E-state index contributed by atoms with van der Waals surface area (Å²) in [6, 6.07) is 68.5. The van der Waals surface area contributed by atoms with E-state index < -0.39 is 0 Å². The lowest BCUT2D eigenvalue weighted by atomic mass is 9.82. The van der Waals surface area contributed by atoms with Gasteiger partial charge in [-0.1, -0.05) is 159 Å². The zero-order valence-electron chi connectivity index (χ0n) is 30.8. The van der Waals surface area contributed by atoms with E-state index in [4.69, 9.17) is 4.42 Å². The first-order valence-corrected chi connectivity index (χ1v) is 19.1. The van der Waals surface area contributed by atoms with Crippen LogP contribution in [0.2, 0.25) is 0 Å². The van der Waals surface area contributed by atoms with E-state index in [0.717, 1.165) is 50.1 Å². The minimum absolute atomic E-state index is 0.0947. The number of para-hydroxylation sites is 2. The molecule has 0 spiro atoms. The molecular formula is C53H37NO. The topological polar surface area (TPSA) is 16.4 Å². The molecule has 0 aliphatic heterocycles. The van der Waals surface area contributed by atoms with E-state index in [1.54, 1.807) is 0 Å². The highest BCUT2D eigenvalue weighted by Gasteiger charge is 2.37. The Balaban J connectivity index is 1.16. The van der Waals surface area contributed by atoms with Gasteiger partial charge >= 0.3 is 0 Å².